The van der Waals surface area contributed by atoms with Crippen LogP contribution in [0.25, 0.3) is 0 Å². The van der Waals surface area contributed by atoms with Gasteiger partial charge >= 0.3 is 6.18 Å². The van der Waals surface area contributed by atoms with Gasteiger partial charge < -0.3 is 14.6 Å². The fraction of sp³-hybridized carbons (Fsp3) is 0.455. The maximum Gasteiger partial charge on any atom is 0.420 e. The lowest BCUT2D eigenvalue weighted by molar-refractivity contribution is -0.139. The molecule has 1 aromatic rings. The number of benzene rings is 1. The molecule has 0 aliphatic rings. The van der Waals surface area contributed by atoms with Crippen molar-refractivity contribution in [2.45, 2.75) is 19.2 Å². The van der Waals surface area contributed by atoms with Crippen LogP contribution in [-0.2, 0) is 6.18 Å². The van der Waals surface area contributed by atoms with E-state index in [0.717, 1.165) is 13.2 Å². The van der Waals surface area contributed by atoms with Crippen molar-refractivity contribution in [1.29, 1.82) is 0 Å². The monoisotopic (exact) mass is 250 g/mol. The van der Waals surface area contributed by atoms with Crippen molar-refractivity contribution in [2.75, 3.05) is 14.2 Å². The quantitative estimate of drug-likeness (QED) is 0.896. The lowest BCUT2D eigenvalue weighted by Gasteiger charge is -2.18. The van der Waals surface area contributed by atoms with Gasteiger partial charge in [-0.15, -0.1) is 0 Å². The zero-order chi connectivity index (χ0) is 13.2. The third kappa shape index (κ3) is 2.82. The van der Waals surface area contributed by atoms with Gasteiger partial charge in [0.15, 0.2) is 0 Å². The molecule has 0 bridgehead atoms. The Hall–Kier alpha value is -1.43. The molecule has 0 saturated heterocycles. The number of halogens is 3. The molecule has 1 N–H and O–H groups in total. The van der Waals surface area contributed by atoms with Gasteiger partial charge in [-0.25, -0.2) is 0 Å². The minimum atomic E-state index is -4.57. The summed E-state index contributed by atoms with van der Waals surface area (Å²) < 4.78 is 47.8. The number of alkyl halides is 3. The predicted molar refractivity (Wildman–Crippen MR) is 55.2 cm³/mol. The van der Waals surface area contributed by atoms with Crippen molar-refractivity contribution in [3.63, 3.8) is 0 Å². The van der Waals surface area contributed by atoms with Crippen LogP contribution < -0.4 is 9.47 Å². The molecule has 96 valence electrons. The SMILES string of the molecule is COc1cc(C(C)O)c(OC)c(C(F)(F)F)c1. The average molecular weight is 250 g/mol. The lowest BCUT2D eigenvalue weighted by Crippen LogP contribution is -2.10. The molecule has 0 aliphatic heterocycles. The van der Waals surface area contributed by atoms with Crippen molar-refractivity contribution in [2.24, 2.45) is 0 Å². The Labute approximate surface area is 96.8 Å². The van der Waals surface area contributed by atoms with Gasteiger partial charge in [-0.1, -0.05) is 0 Å². The fourth-order valence-corrected chi connectivity index (χ4v) is 1.49. The first kappa shape index (κ1) is 13.6. The Morgan fingerprint density at radius 1 is 1.18 bits per heavy atom. The fourth-order valence-electron chi connectivity index (χ4n) is 1.49. The van der Waals surface area contributed by atoms with Gasteiger partial charge in [0.05, 0.1) is 20.3 Å². The van der Waals surface area contributed by atoms with E-state index < -0.39 is 17.8 Å². The smallest absolute Gasteiger partial charge is 0.420 e. The van der Waals surface area contributed by atoms with Gasteiger partial charge in [0.25, 0.3) is 0 Å². The minimum Gasteiger partial charge on any atom is -0.497 e. The van der Waals surface area contributed by atoms with Crippen LogP contribution in [0.15, 0.2) is 12.1 Å². The van der Waals surface area contributed by atoms with Crippen LogP contribution in [0.3, 0.4) is 0 Å². The number of rotatable bonds is 3. The van der Waals surface area contributed by atoms with E-state index in [1.807, 2.05) is 0 Å². The predicted octanol–water partition coefficient (Wildman–Crippen LogP) is 2.78. The molecule has 17 heavy (non-hydrogen) atoms. The highest BCUT2D eigenvalue weighted by atomic mass is 19.4. The molecule has 0 spiro atoms. The molecular formula is C11H13F3O3. The third-order valence-electron chi connectivity index (χ3n) is 2.29. The van der Waals surface area contributed by atoms with Gasteiger partial charge in [0.1, 0.15) is 17.1 Å². The van der Waals surface area contributed by atoms with E-state index in [9.17, 15) is 18.3 Å². The lowest BCUT2D eigenvalue weighted by atomic mass is 10.0. The first-order valence-electron chi connectivity index (χ1n) is 4.82. The maximum absolute atomic E-state index is 12.8. The van der Waals surface area contributed by atoms with E-state index in [1.54, 1.807) is 0 Å². The first-order valence-corrected chi connectivity index (χ1v) is 4.82. The summed E-state index contributed by atoms with van der Waals surface area (Å²) in [6, 6.07) is 2.16. The molecule has 0 fully saturated rings. The molecule has 0 heterocycles. The molecule has 0 radical (unpaired) electrons. The normalized spacial score (nSPS) is 13.4. The third-order valence-corrected chi connectivity index (χ3v) is 2.29. The zero-order valence-corrected chi connectivity index (χ0v) is 9.63. The summed E-state index contributed by atoms with van der Waals surface area (Å²) in [5, 5.41) is 9.44. The average Bonchev–Trinajstić information content (AvgIpc) is 2.25. The van der Waals surface area contributed by atoms with E-state index in [1.165, 1.54) is 20.1 Å². The van der Waals surface area contributed by atoms with Crippen LogP contribution in [-0.4, -0.2) is 19.3 Å². The van der Waals surface area contributed by atoms with E-state index >= 15 is 0 Å². The standard InChI is InChI=1S/C11H13F3O3/c1-6(15)8-4-7(16-2)5-9(10(8)17-3)11(12,13)14/h4-6,15H,1-3H3. The van der Waals surface area contributed by atoms with E-state index in [0.29, 0.717) is 0 Å². The summed E-state index contributed by atoms with van der Waals surface area (Å²) in [6.07, 6.45) is -5.65. The summed E-state index contributed by atoms with van der Waals surface area (Å²) in [5.41, 5.74) is -0.922. The van der Waals surface area contributed by atoms with Crippen molar-refractivity contribution < 1.29 is 27.8 Å². The summed E-state index contributed by atoms with van der Waals surface area (Å²) in [7, 11) is 2.39. The molecule has 0 aliphatic carbocycles. The maximum atomic E-state index is 12.8. The molecule has 6 heteroatoms. The van der Waals surface area contributed by atoms with Crippen LogP contribution in [0.4, 0.5) is 13.2 Å². The van der Waals surface area contributed by atoms with Gasteiger partial charge in [0, 0.05) is 5.56 Å². The van der Waals surface area contributed by atoms with Gasteiger partial charge in [-0.05, 0) is 19.1 Å². The summed E-state index contributed by atoms with van der Waals surface area (Å²) in [6.45, 7) is 1.36. The topological polar surface area (TPSA) is 38.7 Å². The Kier molecular flexibility index (Phi) is 3.87. The van der Waals surface area contributed by atoms with Crippen LogP contribution in [0, 0.1) is 0 Å². The van der Waals surface area contributed by atoms with Crippen molar-refractivity contribution in [3.05, 3.63) is 23.3 Å². The van der Waals surface area contributed by atoms with Gasteiger partial charge in [-0.3, -0.25) is 0 Å². The van der Waals surface area contributed by atoms with Crippen LogP contribution >= 0.6 is 0 Å². The molecular weight excluding hydrogens is 237 g/mol. The molecule has 0 amide bonds. The number of aliphatic hydroxyl groups is 1. The second-order valence-corrected chi connectivity index (χ2v) is 3.47. The molecule has 0 saturated carbocycles. The molecule has 0 aromatic heterocycles. The first-order chi connectivity index (χ1) is 7.81. The van der Waals surface area contributed by atoms with Crippen LogP contribution in [0.1, 0.15) is 24.2 Å². The Morgan fingerprint density at radius 3 is 2.12 bits per heavy atom. The molecule has 3 nitrogen and oxygen atoms in total. The van der Waals surface area contributed by atoms with E-state index in [4.69, 9.17) is 9.47 Å². The zero-order valence-electron chi connectivity index (χ0n) is 9.63. The summed E-state index contributed by atoms with van der Waals surface area (Å²) in [5.74, 6) is -0.359. The second kappa shape index (κ2) is 4.83. The van der Waals surface area contributed by atoms with E-state index in [2.05, 4.69) is 0 Å². The van der Waals surface area contributed by atoms with Crippen molar-refractivity contribution >= 4 is 0 Å². The highest BCUT2D eigenvalue weighted by Crippen LogP contribution is 2.42. The Morgan fingerprint density at radius 2 is 1.76 bits per heavy atom. The number of ether oxygens (including phenoxy) is 2. The second-order valence-electron chi connectivity index (χ2n) is 3.47. The minimum absolute atomic E-state index is 0.0222. The van der Waals surface area contributed by atoms with Gasteiger partial charge in [0.2, 0.25) is 0 Å². The highest BCUT2D eigenvalue weighted by Gasteiger charge is 2.36. The van der Waals surface area contributed by atoms with Crippen molar-refractivity contribution in [1.82, 2.24) is 0 Å². The van der Waals surface area contributed by atoms with Gasteiger partial charge in [-0.2, -0.15) is 13.2 Å². The van der Waals surface area contributed by atoms with Crippen LogP contribution in [0.5, 0.6) is 11.5 Å². The number of hydrogen-bond acceptors (Lipinski definition) is 3. The highest BCUT2D eigenvalue weighted by molar-refractivity contribution is 5.49. The summed E-state index contributed by atoms with van der Waals surface area (Å²) >= 11 is 0. The molecule has 1 unspecified atom stereocenters. The number of methoxy groups -OCH3 is 2. The Balaban J connectivity index is 3.51. The number of hydrogen-bond donors (Lipinski definition) is 1. The largest absolute Gasteiger partial charge is 0.497 e. The van der Waals surface area contributed by atoms with E-state index in [-0.39, 0.29) is 17.1 Å². The molecule has 1 atom stereocenters. The molecule has 1 aromatic carbocycles. The van der Waals surface area contributed by atoms with Crippen molar-refractivity contribution in [3.8, 4) is 11.5 Å². The van der Waals surface area contributed by atoms with Crippen LogP contribution in [0.2, 0.25) is 0 Å². The molecule has 1 rings (SSSR count). The Bertz CT molecular complexity index is 400. The number of aliphatic hydroxyl groups excluding tert-OH is 1. The summed E-state index contributed by atoms with van der Waals surface area (Å²) in [4.78, 5) is 0.